The second-order valence-electron chi connectivity index (χ2n) is 14.2. The minimum absolute atomic E-state index is 0.0763. The van der Waals surface area contributed by atoms with Crippen molar-refractivity contribution >= 4 is 34.1 Å². The fraction of sp³-hybridized carbons (Fsp3) is 0.0588. The zero-order valence-electron chi connectivity index (χ0n) is 30.0. The van der Waals surface area contributed by atoms with Gasteiger partial charge < -0.3 is 9.80 Å². The summed E-state index contributed by atoms with van der Waals surface area (Å²) < 4.78 is 0. The predicted molar refractivity (Wildman–Crippen MR) is 224 cm³/mol. The van der Waals surface area contributed by atoms with Crippen LogP contribution in [-0.2, 0) is 5.41 Å². The van der Waals surface area contributed by atoms with Gasteiger partial charge in [0.2, 0.25) is 0 Å². The molecule has 53 heavy (non-hydrogen) atoms. The molecule has 0 bridgehead atoms. The molecule has 1 aliphatic rings. The molecular weight excluding hydrogens is 641 g/mol. The van der Waals surface area contributed by atoms with Crippen molar-refractivity contribution in [3.63, 3.8) is 0 Å². The van der Waals surface area contributed by atoms with E-state index in [0.29, 0.717) is 0 Å². The third kappa shape index (κ3) is 5.99. The molecule has 0 unspecified atom stereocenters. The van der Waals surface area contributed by atoms with E-state index in [0.717, 1.165) is 22.7 Å². The van der Waals surface area contributed by atoms with Crippen molar-refractivity contribution in [3.05, 3.63) is 217 Å². The van der Waals surface area contributed by atoms with Crippen molar-refractivity contribution in [2.75, 3.05) is 9.80 Å². The monoisotopic (exact) mass is 680 g/mol. The number of rotatable bonds is 7. The van der Waals surface area contributed by atoms with Gasteiger partial charge in [0, 0.05) is 28.2 Å². The Bertz CT molecular complexity index is 2350. The highest BCUT2D eigenvalue weighted by atomic mass is 15.2. The minimum Gasteiger partial charge on any atom is -0.311 e. The van der Waals surface area contributed by atoms with E-state index in [-0.39, 0.29) is 5.41 Å². The predicted octanol–water partition coefficient (Wildman–Crippen LogP) is 14.3. The SMILES string of the molecule is CC1(C)c2ccccc2N(c2ccc(-c3ccc(N(c4ccc(-c5ccccc5)cc4)c4ccc(-c5ccccc5)cc4)cc3)cc2)c2ccccc21. The molecule has 0 spiro atoms. The number of anilines is 6. The summed E-state index contributed by atoms with van der Waals surface area (Å²) in [5.41, 5.74) is 16.8. The topological polar surface area (TPSA) is 6.48 Å². The summed E-state index contributed by atoms with van der Waals surface area (Å²) >= 11 is 0. The first-order valence-corrected chi connectivity index (χ1v) is 18.4. The van der Waals surface area contributed by atoms with Gasteiger partial charge in [-0.2, -0.15) is 0 Å². The lowest BCUT2D eigenvalue weighted by Crippen LogP contribution is -2.30. The molecule has 254 valence electrons. The van der Waals surface area contributed by atoms with Gasteiger partial charge in [0.25, 0.3) is 0 Å². The fourth-order valence-electron chi connectivity index (χ4n) is 7.87. The Morgan fingerprint density at radius 1 is 0.321 bits per heavy atom. The zero-order valence-corrected chi connectivity index (χ0v) is 30.0. The van der Waals surface area contributed by atoms with E-state index < -0.39 is 0 Å². The molecule has 0 fully saturated rings. The maximum Gasteiger partial charge on any atom is 0.0502 e. The molecule has 0 aromatic heterocycles. The van der Waals surface area contributed by atoms with Crippen LogP contribution in [0.4, 0.5) is 34.1 Å². The second kappa shape index (κ2) is 13.5. The molecule has 0 saturated heterocycles. The Kier molecular flexibility index (Phi) is 8.21. The van der Waals surface area contributed by atoms with Crippen LogP contribution in [0.1, 0.15) is 25.0 Å². The molecule has 0 amide bonds. The molecule has 2 nitrogen and oxygen atoms in total. The Hall–Kier alpha value is -6.64. The quantitative estimate of drug-likeness (QED) is 0.165. The van der Waals surface area contributed by atoms with Gasteiger partial charge in [-0.05, 0) is 105 Å². The molecule has 0 aliphatic carbocycles. The van der Waals surface area contributed by atoms with Gasteiger partial charge in [-0.25, -0.2) is 0 Å². The Balaban J connectivity index is 1.04. The third-order valence-corrected chi connectivity index (χ3v) is 10.7. The van der Waals surface area contributed by atoms with Gasteiger partial charge in [0.05, 0.1) is 11.4 Å². The van der Waals surface area contributed by atoms with E-state index in [4.69, 9.17) is 0 Å². The van der Waals surface area contributed by atoms with Gasteiger partial charge in [-0.3, -0.25) is 0 Å². The van der Waals surface area contributed by atoms with Crippen LogP contribution in [0.5, 0.6) is 0 Å². The lowest BCUT2D eigenvalue weighted by molar-refractivity contribution is 0.632. The summed E-state index contributed by atoms with van der Waals surface area (Å²) in [6, 6.07) is 74.4. The lowest BCUT2D eigenvalue weighted by Gasteiger charge is -2.42. The maximum atomic E-state index is 2.41. The van der Waals surface area contributed by atoms with E-state index in [1.807, 2.05) is 0 Å². The Morgan fingerprint density at radius 2 is 0.623 bits per heavy atom. The molecule has 1 aliphatic heterocycles. The minimum atomic E-state index is -0.0763. The lowest BCUT2D eigenvalue weighted by atomic mass is 9.73. The fourth-order valence-corrected chi connectivity index (χ4v) is 7.87. The molecule has 0 N–H and O–H groups in total. The van der Waals surface area contributed by atoms with Crippen LogP contribution in [0.2, 0.25) is 0 Å². The molecule has 8 aromatic carbocycles. The Morgan fingerprint density at radius 3 is 1.00 bits per heavy atom. The second-order valence-corrected chi connectivity index (χ2v) is 14.2. The first kappa shape index (κ1) is 32.3. The number of hydrogen-bond acceptors (Lipinski definition) is 2. The van der Waals surface area contributed by atoms with Crippen molar-refractivity contribution in [2.24, 2.45) is 0 Å². The average Bonchev–Trinajstić information content (AvgIpc) is 3.23. The van der Waals surface area contributed by atoms with Crippen LogP contribution < -0.4 is 9.80 Å². The number of benzene rings is 8. The van der Waals surface area contributed by atoms with Crippen molar-refractivity contribution in [1.82, 2.24) is 0 Å². The van der Waals surface area contributed by atoms with Gasteiger partial charge >= 0.3 is 0 Å². The Labute approximate surface area is 312 Å². The highest BCUT2D eigenvalue weighted by Gasteiger charge is 2.36. The molecule has 0 atom stereocenters. The number of fused-ring (bicyclic) bond motifs is 2. The first-order valence-electron chi connectivity index (χ1n) is 18.4. The summed E-state index contributed by atoms with van der Waals surface area (Å²) in [7, 11) is 0. The number of nitrogens with zero attached hydrogens (tertiary/aromatic N) is 2. The van der Waals surface area contributed by atoms with Gasteiger partial charge in [0.15, 0.2) is 0 Å². The third-order valence-electron chi connectivity index (χ3n) is 10.7. The standard InChI is InChI=1S/C51H40N2/c1-51(2)47-17-9-11-19-49(47)53(50-20-12-10-18-48(50)51)46-35-27-42(28-36-46)41-25-33-45(34-26-41)52(43-29-21-39(22-30-43)37-13-5-3-6-14-37)44-31-23-40(24-32-44)38-15-7-4-8-16-38/h3-36H,1-2H3. The van der Waals surface area contributed by atoms with Crippen molar-refractivity contribution in [3.8, 4) is 33.4 Å². The highest BCUT2D eigenvalue weighted by molar-refractivity contribution is 5.87. The summed E-state index contributed by atoms with van der Waals surface area (Å²) in [5.74, 6) is 0. The number of para-hydroxylation sites is 2. The maximum absolute atomic E-state index is 2.41. The van der Waals surface area contributed by atoms with Gasteiger partial charge in [-0.1, -0.05) is 159 Å². The van der Waals surface area contributed by atoms with Gasteiger partial charge in [-0.15, -0.1) is 0 Å². The van der Waals surface area contributed by atoms with Crippen LogP contribution in [0.25, 0.3) is 33.4 Å². The average molecular weight is 681 g/mol. The van der Waals surface area contributed by atoms with Crippen molar-refractivity contribution in [2.45, 2.75) is 19.3 Å². The summed E-state index contributed by atoms with van der Waals surface area (Å²) in [6.45, 7) is 4.66. The van der Waals surface area contributed by atoms with Crippen molar-refractivity contribution in [1.29, 1.82) is 0 Å². The van der Waals surface area contributed by atoms with Crippen LogP contribution in [0, 0.1) is 0 Å². The van der Waals surface area contributed by atoms with E-state index in [1.54, 1.807) is 0 Å². The molecule has 0 saturated carbocycles. The molecule has 2 heteroatoms. The van der Waals surface area contributed by atoms with Crippen LogP contribution in [-0.4, -0.2) is 0 Å². The summed E-state index contributed by atoms with van der Waals surface area (Å²) in [5, 5.41) is 0. The molecule has 8 aromatic rings. The summed E-state index contributed by atoms with van der Waals surface area (Å²) in [6.07, 6.45) is 0. The largest absolute Gasteiger partial charge is 0.311 e. The van der Waals surface area contributed by atoms with Crippen LogP contribution in [0.3, 0.4) is 0 Å². The molecule has 0 radical (unpaired) electrons. The smallest absolute Gasteiger partial charge is 0.0502 e. The first-order chi connectivity index (χ1) is 26.0. The summed E-state index contributed by atoms with van der Waals surface area (Å²) in [4.78, 5) is 4.75. The van der Waals surface area contributed by atoms with E-state index >= 15 is 0 Å². The van der Waals surface area contributed by atoms with Crippen LogP contribution in [0.15, 0.2) is 206 Å². The zero-order chi connectivity index (χ0) is 35.8. The molecule has 9 rings (SSSR count). The van der Waals surface area contributed by atoms with E-state index in [2.05, 4.69) is 230 Å². The molecule has 1 heterocycles. The van der Waals surface area contributed by atoms with E-state index in [9.17, 15) is 0 Å². The number of hydrogen-bond donors (Lipinski definition) is 0. The van der Waals surface area contributed by atoms with Crippen molar-refractivity contribution < 1.29 is 0 Å². The molecular formula is C51H40N2. The van der Waals surface area contributed by atoms with E-state index in [1.165, 1.54) is 55.9 Å². The van der Waals surface area contributed by atoms with Crippen LogP contribution >= 0.6 is 0 Å². The highest BCUT2D eigenvalue weighted by Crippen LogP contribution is 2.51. The van der Waals surface area contributed by atoms with Gasteiger partial charge in [0.1, 0.15) is 0 Å². The normalized spacial score (nSPS) is 12.8.